The van der Waals surface area contributed by atoms with Crippen molar-refractivity contribution < 1.29 is 0 Å². The van der Waals surface area contributed by atoms with Crippen LogP contribution in [-0.4, -0.2) is 28.0 Å². The molecule has 0 aliphatic heterocycles. The zero-order valence-corrected chi connectivity index (χ0v) is 12.1. The quantitative estimate of drug-likeness (QED) is 0.814. The molecule has 0 aromatic carbocycles. The first-order chi connectivity index (χ1) is 9.35. The van der Waals surface area contributed by atoms with E-state index < -0.39 is 0 Å². The Morgan fingerprint density at radius 2 is 1.89 bits per heavy atom. The van der Waals surface area contributed by atoms with Crippen LogP contribution >= 0.6 is 11.3 Å². The van der Waals surface area contributed by atoms with Crippen LogP contribution in [0, 0.1) is 0 Å². The second-order valence-electron chi connectivity index (χ2n) is 4.04. The minimum absolute atomic E-state index is 0.836. The number of nitrogens with zero attached hydrogens (tertiary/aromatic N) is 3. The Labute approximate surface area is 117 Å². The van der Waals surface area contributed by atoms with Gasteiger partial charge in [0.1, 0.15) is 18.0 Å². The number of thiazole rings is 1. The van der Waals surface area contributed by atoms with Gasteiger partial charge in [0.2, 0.25) is 0 Å². The molecular formula is C13H19N5S. The van der Waals surface area contributed by atoms with Crippen LogP contribution in [0.15, 0.2) is 17.9 Å². The summed E-state index contributed by atoms with van der Waals surface area (Å²) >= 11 is 1.68. The molecule has 0 spiro atoms. The predicted octanol–water partition coefficient (Wildman–Crippen LogP) is 2.58. The predicted molar refractivity (Wildman–Crippen MR) is 79.9 cm³/mol. The summed E-state index contributed by atoms with van der Waals surface area (Å²) in [7, 11) is 0. The monoisotopic (exact) mass is 277 g/mol. The maximum absolute atomic E-state index is 4.33. The molecule has 2 aromatic rings. The van der Waals surface area contributed by atoms with Gasteiger partial charge in [-0.1, -0.05) is 6.92 Å². The van der Waals surface area contributed by atoms with Crippen LogP contribution in [0.25, 0.3) is 0 Å². The summed E-state index contributed by atoms with van der Waals surface area (Å²) in [5.74, 6) is 1.85. The third-order valence-corrected chi connectivity index (χ3v) is 3.60. The van der Waals surface area contributed by atoms with Gasteiger partial charge in [0.25, 0.3) is 0 Å². The fourth-order valence-corrected chi connectivity index (χ4v) is 2.50. The maximum Gasteiger partial charge on any atom is 0.134 e. The molecule has 0 aliphatic rings. The summed E-state index contributed by atoms with van der Waals surface area (Å²) in [4.78, 5) is 12.9. The summed E-state index contributed by atoms with van der Waals surface area (Å²) in [5, 5.41) is 9.79. The number of rotatable bonds is 7. The van der Waals surface area contributed by atoms with E-state index in [1.54, 1.807) is 17.7 Å². The molecule has 0 saturated heterocycles. The lowest BCUT2D eigenvalue weighted by molar-refractivity contribution is 0.959. The minimum atomic E-state index is 0.836. The molecule has 0 radical (unpaired) electrons. The molecule has 0 aliphatic carbocycles. The van der Waals surface area contributed by atoms with Crippen LogP contribution in [0.1, 0.15) is 24.4 Å². The highest BCUT2D eigenvalue weighted by Crippen LogP contribution is 2.20. The SMILES string of the molecule is CCNc1ncnc(NCCc2nccs2)c1CC. The molecule has 19 heavy (non-hydrogen) atoms. The second-order valence-corrected chi connectivity index (χ2v) is 5.02. The van der Waals surface area contributed by atoms with Crippen molar-refractivity contribution in [3.05, 3.63) is 28.5 Å². The largest absolute Gasteiger partial charge is 0.370 e. The highest BCUT2D eigenvalue weighted by molar-refractivity contribution is 7.09. The van der Waals surface area contributed by atoms with Gasteiger partial charge in [0.15, 0.2) is 0 Å². The molecule has 0 amide bonds. The van der Waals surface area contributed by atoms with Gasteiger partial charge in [0.05, 0.1) is 5.01 Å². The summed E-state index contributed by atoms with van der Waals surface area (Å²) in [6.07, 6.45) is 5.26. The first-order valence-electron chi connectivity index (χ1n) is 6.55. The van der Waals surface area contributed by atoms with E-state index in [-0.39, 0.29) is 0 Å². The van der Waals surface area contributed by atoms with Crippen LogP contribution in [0.2, 0.25) is 0 Å². The van der Waals surface area contributed by atoms with Crippen molar-refractivity contribution in [3.63, 3.8) is 0 Å². The van der Waals surface area contributed by atoms with E-state index in [2.05, 4.69) is 39.4 Å². The fourth-order valence-electron chi connectivity index (χ4n) is 1.88. The van der Waals surface area contributed by atoms with Crippen LogP contribution in [0.3, 0.4) is 0 Å². The van der Waals surface area contributed by atoms with Crippen LogP contribution in [0.5, 0.6) is 0 Å². The minimum Gasteiger partial charge on any atom is -0.370 e. The molecule has 2 N–H and O–H groups in total. The van der Waals surface area contributed by atoms with Crippen LogP contribution in [-0.2, 0) is 12.8 Å². The number of nitrogens with one attached hydrogen (secondary N) is 2. The van der Waals surface area contributed by atoms with Gasteiger partial charge in [-0.2, -0.15) is 0 Å². The summed E-state index contributed by atoms with van der Waals surface area (Å²) in [6.45, 7) is 5.88. The van der Waals surface area contributed by atoms with Crippen molar-refractivity contribution in [2.24, 2.45) is 0 Å². The van der Waals surface area contributed by atoms with Gasteiger partial charge in [0, 0.05) is 36.7 Å². The number of aromatic nitrogens is 3. The van der Waals surface area contributed by atoms with Gasteiger partial charge in [-0.15, -0.1) is 11.3 Å². The van der Waals surface area contributed by atoms with Crippen molar-refractivity contribution >= 4 is 23.0 Å². The van der Waals surface area contributed by atoms with E-state index >= 15 is 0 Å². The van der Waals surface area contributed by atoms with Gasteiger partial charge in [-0.25, -0.2) is 15.0 Å². The smallest absolute Gasteiger partial charge is 0.134 e. The van der Waals surface area contributed by atoms with E-state index in [1.165, 1.54) is 0 Å². The number of anilines is 2. The van der Waals surface area contributed by atoms with Crippen molar-refractivity contribution in [2.75, 3.05) is 23.7 Å². The first-order valence-corrected chi connectivity index (χ1v) is 7.43. The van der Waals surface area contributed by atoms with Gasteiger partial charge >= 0.3 is 0 Å². The molecule has 102 valence electrons. The molecule has 2 heterocycles. The van der Waals surface area contributed by atoms with Crippen LogP contribution in [0.4, 0.5) is 11.6 Å². The molecule has 2 aromatic heterocycles. The van der Waals surface area contributed by atoms with Crippen molar-refractivity contribution in [1.82, 2.24) is 15.0 Å². The molecule has 0 atom stereocenters. The lowest BCUT2D eigenvalue weighted by atomic mass is 10.2. The number of hydrogen-bond donors (Lipinski definition) is 2. The Bertz CT molecular complexity index is 498. The highest BCUT2D eigenvalue weighted by atomic mass is 32.1. The highest BCUT2D eigenvalue weighted by Gasteiger charge is 2.08. The second kappa shape index (κ2) is 7.04. The fraction of sp³-hybridized carbons (Fsp3) is 0.462. The Morgan fingerprint density at radius 3 is 2.53 bits per heavy atom. The Morgan fingerprint density at radius 1 is 1.11 bits per heavy atom. The average Bonchev–Trinajstić information content (AvgIpc) is 2.93. The number of hydrogen-bond acceptors (Lipinski definition) is 6. The van der Waals surface area contributed by atoms with Crippen molar-refractivity contribution in [3.8, 4) is 0 Å². The summed E-state index contributed by atoms with van der Waals surface area (Å²) < 4.78 is 0. The third kappa shape index (κ3) is 3.64. The van der Waals surface area contributed by atoms with E-state index in [1.807, 2.05) is 11.6 Å². The van der Waals surface area contributed by atoms with Gasteiger partial charge < -0.3 is 10.6 Å². The molecule has 6 heteroatoms. The van der Waals surface area contributed by atoms with Crippen LogP contribution < -0.4 is 10.6 Å². The average molecular weight is 277 g/mol. The first kappa shape index (κ1) is 13.7. The zero-order chi connectivity index (χ0) is 13.5. The Balaban J connectivity index is 2.00. The molecule has 2 rings (SSSR count). The molecular weight excluding hydrogens is 258 g/mol. The topological polar surface area (TPSA) is 62.7 Å². The molecule has 0 fully saturated rings. The lowest BCUT2D eigenvalue weighted by Crippen LogP contribution is -2.11. The van der Waals surface area contributed by atoms with Gasteiger partial charge in [-0.3, -0.25) is 0 Å². The molecule has 0 bridgehead atoms. The third-order valence-electron chi connectivity index (χ3n) is 2.76. The van der Waals surface area contributed by atoms with E-state index in [4.69, 9.17) is 0 Å². The van der Waals surface area contributed by atoms with E-state index in [9.17, 15) is 0 Å². The van der Waals surface area contributed by atoms with Crippen molar-refractivity contribution in [2.45, 2.75) is 26.7 Å². The van der Waals surface area contributed by atoms with E-state index in [0.29, 0.717) is 0 Å². The van der Waals surface area contributed by atoms with Gasteiger partial charge in [-0.05, 0) is 13.3 Å². The van der Waals surface area contributed by atoms with Crippen molar-refractivity contribution in [1.29, 1.82) is 0 Å². The zero-order valence-electron chi connectivity index (χ0n) is 11.3. The summed E-state index contributed by atoms with van der Waals surface area (Å²) in [5.41, 5.74) is 1.14. The maximum atomic E-state index is 4.33. The molecule has 5 nitrogen and oxygen atoms in total. The van der Waals surface area contributed by atoms with E-state index in [0.717, 1.165) is 48.1 Å². The standard InChI is InChI=1S/C13H19N5S/c1-3-10-12(14-4-2)17-9-18-13(10)16-6-5-11-15-7-8-19-11/h7-9H,3-6H2,1-2H3,(H2,14,16,17,18). The molecule has 0 saturated carbocycles. The lowest BCUT2D eigenvalue weighted by Gasteiger charge is -2.13. The Kier molecular flexibility index (Phi) is 5.09. The molecule has 0 unspecified atom stereocenters. The summed E-state index contributed by atoms with van der Waals surface area (Å²) in [6, 6.07) is 0. The Hall–Kier alpha value is -1.69. The normalized spacial score (nSPS) is 10.4.